The molecule has 0 radical (unpaired) electrons. The van der Waals surface area contributed by atoms with Gasteiger partial charge in [0.15, 0.2) is 0 Å². The first-order valence-electron chi connectivity index (χ1n) is 24.1. The van der Waals surface area contributed by atoms with Crippen LogP contribution in [0.3, 0.4) is 0 Å². The van der Waals surface area contributed by atoms with Gasteiger partial charge in [-0.1, -0.05) is 117 Å². The minimum Gasteiger partial charge on any atom is -0.460 e. The van der Waals surface area contributed by atoms with Crippen molar-refractivity contribution >= 4 is 41.3 Å². The van der Waals surface area contributed by atoms with E-state index in [1.165, 1.54) is 18.2 Å². The third-order valence-corrected chi connectivity index (χ3v) is 10.6. The molecule has 0 bridgehead atoms. The number of rotatable bonds is 24. The fourth-order valence-electron chi connectivity index (χ4n) is 6.85. The number of carbonyl (C=O) groups is 6. The summed E-state index contributed by atoms with van der Waals surface area (Å²) in [4.78, 5) is 75.1. The number of nitrogens with one attached hydrogen (secondary N) is 4. The molecule has 15 nitrogen and oxygen atoms in total. The maximum absolute atomic E-state index is 12.2. The first-order valence-corrected chi connectivity index (χ1v) is 24.1. The van der Waals surface area contributed by atoms with Crippen molar-refractivity contribution in [3.63, 3.8) is 0 Å². The number of esters is 3. The van der Waals surface area contributed by atoms with Crippen molar-refractivity contribution in [2.45, 2.75) is 146 Å². The Morgan fingerprint density at radius 1 is 0.627 bits per heavy atom. The number of nitrogens with zero attached hydrogens (tertiary/aromatic N) is 1. The largest absolute Gasteiger partial charge is 0.460 e. The van der Waals surface area contributed by atoms with Gasteiger partial charge < -0.3 is 41.2 Å². The lowest BCUT2D eigenvalue weighted by molar-refractivity contribution is -0.156. The Kier molecular flexibility index (Phi) is 33.2. The zero-order valence-electron chi connectivity index (χ0n) is 42.8. The lowest BCUT2D eigenvalue weighted by atomic mass is 9.94. The zero-order chi connectivity index (χ0) is 50.9. The van der Waals surface area contributed by atoms with E-state index in [-0.39, 0.29) is 89.5 Å². The predicted octanol–water partition coefficient (Wildman–Crippen LogP) is 6.65. The van der Waals surface area contributed by atoms with Crippen molar-refractivity contribution in [1.29, 1.82) is 0 Å². The quantitative estimate of drug-likeness (QED) is 0.0299. The molecule has 0 spiro atoms. The summed E-state index contributed by atoms with van der Waals surface area (Å²) in [7, 11) is 0. The minimum absolute atomic E-state index is 0.0205. The molecule has 67 heavy (non-hydrogen) atoms. The van der Waals surface area contributed by atoms with Crippen LogP contribution in [0.5, 0.6) is 0 Å². The van der Waals surface area contributed by atoms with E-state index >= 15 is 0 Å². The van der Waals surface area contributed by atoms with Crippen molar-refractivity contribution < 1.29 is 43.0 Å². The normalized spacial score (nSPS) is 18.3. The van der Waals surface area contributed by atoms with Crippen molar-refractivity contribution in [3.05, 3.63) is 72.9 Å². The van der Waals surface area contributed by atoms with Crippen LogP contribution in [0.15, 0.2) is 77.9 Å². The Morgan fingerprint density at radius 3 is 1.36 bits per heavy atom. The molecule has 378 valence electrons. The fraction of sp³-hybridized carbons (Fsp3) is 0.635. The molecule has 3 amide bonds. The van der Waals surface area contributed by atoms with Crippen LogP contribution in [-0.4, -0.2) is 104 Å². The molecule has 1 saturated heterocycles. The van der Waals surface area contributed by atoms with Crippen LogP contribution >= 0.6 is 0 Å². The minimum atomic E-state index is -0.647. The van der Waals surface area contributed by atoms with E-state index in [0.29, 0.717) is 38.3 Å². The Labute approximate surface area is 402 Å². The van der Waals surface area contributed by atoms with E-state index in [2.05, 4.69) is 26.3 Å². The average Bonchev–Trinajstić information content (AvgIpc) is 4.04. The summed E-state index contributed by atoms with van der Waals surface area (Å²) in [5.41, 5.74) is 6.05. The van der Waals surface area contributed by atoms with E-state index in [1.807, 2.05) is 126 Å². The summed E-state index contributed by atoms with van der Waals surface area (Å²) in [5.74, 6) is -1.03. The van der Waals surface area contributed by atoms with Crippen LogP contribution in [0, 0.1) is 35.5 Å². The Morgan fingerprint density at radius 2 is 1.03 bits per heavy atom. The summed E-state index contributed by atoms with van der Waals surface area (Å²) in [6, 6.07) is -0.830. The highest BCUT2D eigenvalue weighted by Crippen LogP contribution is 2.22. The molecule has 0 saturated carbocycles. The molecular formula is C52H86N6O9. The summed E-state index contributed by atoms with van der Waals surface area (Å²) >= 11 is 0. The second kappa shape index (κ2) is 36.0. The first kappa shape index (κ1) is 61.9. The van der Waals surface area contributed by atoms with Gasteiger partial charge in [-0.3, -0.25) is 29.0 Å². The van der Waals surface area contributed by atoms with Crippen molar-refractivity contribution in [3.8, 4) is 0 Å². The van der Waals surface area contributed by atoms with E-state index in [9.17, 15) is 28.8 Å². The topological polar surface area (TPSA) is 217 Å². The first-order chi connectivity index (χ1) is 31.7. The molecule has 2 rings (SSSR count). The molecule has 0 aromatic carbocycles. The van der Waals surface area contributed by atoms with E-state index < -0.39 is 12.0 Å². The van der Waals surface area contributed by atoms with Gasteiger partial charge in [0.25, 0.3) is 0 Å². The standard InChI is InChI=1S/C18H30N2O3.C18H28N2O3.C16H28N2O3/c2*1-5-6-11-20-16(21)10-9-14(4)17(13(2)3)23-18(22)15-8-7-12-19-15;1-6-7-10-18-14(19)9-8-12(4)15(11(2)3)21-16(20)13(5)17/h5-6,9-10,13-15,17,19H,7-8,11-12H2,1-4H3,(H,20,21);5-6,9-10,13-14,17H,7-8,11-12H2,1-4H3,(H,20,21);6-9,11-13,15H,10,17H2,1-5H3,(H,18,19)/b2*6-5+,10-9+;7-6+,9-8+. The van der Waals surface area contributed by atoms with Crippen molar-refractivity contribution in [2.75, 3.05) is 32.7 Å². The van der Waals surface area contributed by atoms with Gasteiger partial charge in [0.1, 0.15) is 36.1 Å². The van der Waals surface area contributed by atoms with Gasteiger partial charge >= 0.3 is 17.9 Å². The molecule has 15 heteroatoms. The summed E-state index contributed by atoms with van der Waals surface area (Å²) in [6.45, 7) is 28.2. The molecule has 2 aliphatic heterocycles. The summed E-state index contributed by atoms with van der Waals surface area (Å²) < 4.78 is 16.7. The molecule has 1 fully saturated rings. The maximum atomic E-state index is 12.2. The van der Waals surface area contributed by atoms with Gasteiger partial charge in [0.05, 0.1) is 0 Å². The second-order valence-corrected chi connectivity index (χ2v) is 17.9. The van der Waals surface area contributed by atoms with Gasteiger partial charge in [-0.15, -0.1) is 0 Å². The highest BCUT2D eigenvalue weighted by molar-refractivity contribution is 6.36. The number of carbonyl (C=O) groups excluding carboxylic acids is 6. The van der Waals surface area contributed by atoms with Crippen molar-refractivity contribution in [2.24, 2.45) is 46.2 Å². The smallest absolute Gasteiger partial charge is 0.352 e. The molecule has 2 aliphatic rings. The average molecular weight is 939 g/mol. The Bertz CT molecular complexity index is 1710. The van der Waals surface area contributed by atoms with Gasteiger partial charge in [-0.25, -0.2) is 4.79 Å². The Hall–Kier alpha value is -5.15. The number of aliphatic imine (C=N–C) groups is 1. The lowest BCUT2D eigenvalue weighted by Crippen LogP contribution is -2.38. The molecule has 0 aliphatic carbocycles. The SMILES string of the molecule is C/C=C/CNC(=O)/C=C/C(C)C(OC(=O)C(C)N)C(C)C.C/C=C/CNC(=O)/C=C/C(C)C(OC(=O)C1=NCCC1)C(C)C.C/C=C/CNC(=O)/C=C/C(C)C(OC(=O)C1CCCN1)C(C)C. The molecule has 0 aromatic heterocycles. The molecular weight excluding hydrogens is 853 g/mol. The number of hydrogen-bond acceptors (Lipinski definition) is 12. The highest BCUT2D eigenvalue weighted by Gasteiger charge is 2.30. The van der Waals surface area contributed by atoms with Gasteiger partial charge in [-0.05, 0) is 95.9 Å². The summed E-state index contributed by atoms with van der Waals surface area (Å²) in [5, 5.41) is 11.4. The van der Waals surface area contributed by atoms with Crippen LogP contribution in [-0.2, 0) is 43.0 Å². The number of hydrogen-bond donors (Lipinski definition) is 5. The zero-order valence-corrected chi connectivity index (χ0v) is 42.8. The molecule has 6 N–H and O–H groups in total. The van der Waals surface area contributed by atoms with Crippen LogP contribution in [0.1, 0.15) is 116 Å². The van der Waals surface area contributed by atoms with Crippen LogP contribution < -0.4 is 27.0 Å². The second-order valence-electron chi connectivity index (χ2n) is 17.9. The number of nitrogens with two attached hydrogens (primary N) is 1. The maximum Gasteiger partial charge on any atom is 0.352 e. The molecule has 2 heterocycles. The molecule has 8 atom stereocenters. The number of amides is 3. The van der Waals surface area contributed by atoms with E-state index in [0.717, 1.165) is 25.8 Å². The van der Waals surface area contributed by atoms with Crippen molar-refractivity contribution in [1.82, 2.24) is 21.3 Å². The third-order valence-electron chi connectivity index (χ3n) is 10.6. The Balaban J connectivity index is 0.000000977. The summed E-state index contributed by atoms with van der Waals surface area (Å²) in [6.07, 6.45) is 23.7. The van der Waals surface area contributed by atoms with Crippen LogP contribution in [0.4, 0.5) is 0 Å². The molecule has 0 aromatic rings. The lowest BCUT2D eigenvalue weighted by Gasteiger charge is -2.27. The molecule has 8 unspecified atom stereocenters. The fourth-order valence-corrected chi connectivity index (χ4v) is 6.85. The van der Waals surface area contributed by atoms with Gasteiger partial charge in [-0.2, -0.15) is 0 Å². The monoisotopic (exact) mass is 939 g/mol. The highest BCUT2D eigenvalue weighted by atomic mass is 16.6. The van der Waals surface area contributed by atoms with Gasteiger partial charge in [0, 0.05) is 43.9 Å². The van der Waals surface area contributed by atoms with Crippen LogP contribution in [0.2, 0.25) is 0 Å². The predicted molar refractivity (Wildman–Crippen MR) is 269 cm³/mol. The van der Waals surface area contributed by atoms with E-state index in [4.69, 9.17) is 19.9 Å². The van der Waals surface area contributed by atoms with Crippen LogP contribution in [0.25, 0.3) is 0 Å². The van der Waals surface area contributed by atoms with Gasteiger partial charge in [0.2, 0.25) is 17.7 Å². The number of ether oxygens (including phenoxy) is 3. The third kappa shape index (κ3) is 27.9. The van der Waals surface area contributed by atoms with E-state index in [1.54, 1.807) is 19.1 Å². The number of allylic oxidation sites excluding steroid dienone is 3.